The monoisotopic (exact) mass is 416 g/mol. The summed E-state index contributed by atoms with van der Waals surface area (Å²) < 4.78 is 17.4. The maximum absolute atomic E-state index is 12.4. The first-order valence-corrected chi connectivity index (χ1v) is 10.8. The summed E-state index contributed by atoms with van der Waals surface area (Å²) in [5.41, 5.74) is 1.96. The molecule has 2 saturated carbocycles. The molecular formula is C23H32N2O5. The van der Waals surface area contributed by atoms with Gasteiger partial charge >= 0.3 is 6.09 Å². The van der Waals surface area contributed by atoms with E-state index in [2.05, 4.69) is 29.7 Å². The molecule has 0 saturated heterocycles. The van der Waals surface area contributed by atoms with Crippen LogP contribution in [-0.4, -0.2) is 42.4 Å². The van der Waals surface area contributed by atoms with Crippen molar-refractivity contribution in [3.05, 3.63) is 23.3 Å². The number of alkyl carbamates (subject to hydrolysis) is 1. The Balaban J connectivity index is 1.26. The van der Waals surface area contributed by atoms with Crippen LogP contribution in [0.1, 0.15) is 64.5 Å². The van der Waals surface area contributed by atoms with E-state index in [-0.39, 0.29) is 23.5 Å². The number of hydrogen-bond acceptors (Lipinski definition) is 5. The SMILES string of the molecule is Cc1ccc(O[C@H]2C[C@H](NC(=O)[C@@H](C)NC(=O)OC(C)(C)C)C2)c2c1OCC21CC1. The zero-order chi connectivity index (χ0) is 21.7. The average molecular weight is 417 g/mol. The topological polar surface area (TPSA) is 85.9 Å². The molecule has 1 spiro atoms. The lowest BCUT2D eigenvalue weighted by Crippen LogP contribution is -2.54. The van der Waals surface area contributed by atoms with Crippen LogP contribution in [0.15, 0.2) is 12.1 Å². The summed E-state index contributed by atoms with van der Waals surface area (Å²) in [7, 11) is 0. The van der Waals surface area contributed by atoms with Crippen LogP contribution in [0.5, 0.6) is 11.5 Å². The highest BCUT2D eigenvalue weighted by Crippen LogP contribution is 2.59. The number of fused-ring (bicyclic) bond motifs is 2. The second-order valence-corrected chi connectivity index (χ2v) is 9.94. The first kappa shape index (κ1) is 20.8. The molecule has 1 heterocycles. The largest absolute Gasteiger partial charge is 0.492 e. The predicted molar refractivity (Wildman–Crippen MR) is 112 cm³/mol. The van der Waals surface area contributed by atoms with Crippen LogP contribution in [0.3, 0.4) is 0 Å². The molecule has 164 valence electrons. The summed E-state index contributed by atoms with van der Waals surface area (Å²) >= 11 is 0. The predicted octanol–water partition coefficient (Wildman–Crippen LogP) is 3.36. The Bertz CT molecular complexity index is 850. The Morgan fingerprint density at radius 3 is 2.57 bits per heavy atom. The summed E-state index contributed by atoms with van der Waals surface area (Å²) in [5, 5.41) is 5.55. The second kappa shape index (κ2) is 7.36. The van der Waals surface area contributed by atoms with Gasteiger partial charge in [0, 0.05) is 29.9 Å². The number of carbonyl (C=O) groups is 2. The van der Waals surface area contributed by atoms with E-state index in [1.165, 1.54) is 5.56 Å². The Hall–Kier alpha value is -2.44. The summed E-state index contributed by atoms with van der Waals surface area (Å²) in [4.78, 5) is 24.2. The van der Waals surface area contributed by atoms with Crippen molar-refractivity contribution in [3.63, 3.8) is 0 Å². The zero-order valence-electron chi connectivity index (χ0n) is 18.5. The van der Waals surface area contributed by atoms with Gasteiger partial charge in [-0.2, -0.15) is 0 Å². The highest BCUT2D eigenvalue weighted by Gasteiger charge is 2.53. The second-order valence-electron chi connectivity index (χ2n) is 9.94. The van der Waals surface area contributed by atoms with Crippen molar-refractivity contribution in [1.29, 1.82) is 0 Å². The number of ether oxygens (including phenoxy) is 3. The molecule has 3 aliphatic rings. The molecule has 4 rings (SSSR count). The van der Waals surface area contributed by atoms with Gasteiger partial charge in [0.25, 0.3) is 0 Å². The molecule has 1 aliphatic heterocycles. The number of rotatable bonds is 5. The van der Waals surface area contributed by atoms with E-state index in [9.17, 15) is 9.59 Å². The van der Waals surface area contributed by atoms with Gasteiger partial charge in [0.15, 0.2) is 0 Å². The van der Waals surface area contributed by atoms with Crippen LogP contribution in [-0.2, 0) is 14.9 Å². The van der Waals surface area contributed by atoms with Gasteiger partial charge in [-0.15, -0.1) is 0 Å². The van der Waals surface area contributed by atoms with Crippen molar-refractivity contribution in [3.8, 4) is 11.5 Å². The fraction of sp³-hybridized carbons (Fsp3) is 0.652. The zero-order valence-corrected chi connectivity index (χ0v) is 18.5. The Morgan fingerprint density at radius 1 is 1.23 bits per heavy atom. The molecule has 0 radical (unpaired) electrons. The number of aryl methyl sites for hydroxylation is 1. The first-order chi connectivity index (χ1) is 14.1. The quantitative estimate of drug-likeness (QED) is 0.769. The highest BCUT2D eigenvalue weighted by molar-refractivity contribution is 5.85. The van der Waals surface area contributed by atoms with E-state index >= 15 is 0 Å². The molecule has 0 aromatic heterocycles. The number of carbonyl (C=O) groups excluding carboxylic acids is 2. The van der Waals surface area contributed by atoms with Crippen LogP contribution in [0, 0.1) is 6.92 Å². The Morgan fingerprint density at radius 2 is 1.93 bits per heavy atom. The fourth-order valence-electron chi connectivity index (χ4n) is 4.12. The van der Waals surface area contributed by atoms with Gasteiger partial charge in [0.05, 0.1) is 6.61 Å². The third-order valence-corrected chi connectivity index (χ3v) is 6.05. The van der Waals surface area contributed by atoms with Crippen molar-refractivity contribution in [1.82, 2.24) is 10.6 Å². The highest BCUT2D eigenvalue weighted by atomic mass is 16.6. The summed E-state index contributed by atoms with van der Waals surface area (Å²) in [6.45, 7) is 9.84. The normalized spacial score (nSPS) is 24.2. The molecule has 2 N–H and O–H groups in total. The minimum Gasteiger partial charge on any atom is -0.492 e. The van der Waals surface area contributed by atoms with E-state index in [1.807, 2.05) is 0 Å². The lowest BCUT2D eigenvalue weighted by molar-refractivity contribution is -0.124. The van der Waals surface area contributed by atoms with Crippen molar-refractivity contribution >= 4 is 12.0 Å². The molecule has 7 heteroatoms. The molecule has 30 heavy (non-hydrogen) atoms. The molecule has 2 fully saturated rings. The number of nitrogens with one attached hydrogen (secondary N) is 2. The van der Waals surface area contributed by atoms with Crippen molar-refractivity contribution in [2.75, 3.05) is 6.61 Å². The van der Waals surface area contributed by atoms with Crippen LogP contribution in [0.25, 0.3) is 0 Å². The minimum absolute atomic E-state index is 0.0509. The number of amides is 2. The van der Waals surface area contributed by atoms with Gasteiger partial charge in [-0.1, -0.05) is 6.07 Å². The standard InChI is InChI=1S/C23H32N2O5/c1-13-6-7-17(18-19(13)28-12-23(18)8-9-23)29-16-10-15(11-16)25-20(26)14(2)24-21(27)30-22(3,4)5/h6-7,14-16H,8-12H2,1-5H3,(H,24,27)(H,25,26)/t14-,15-,16-/m1/s1. The fourth-order valence-corrected chi connectivity index (χ4v) is 4.12. The van der Waals surface area contributed by atoms with Crippen LogP contribution in [0.2, 0.25) is 0 Å². The maximum atomic E-state index is 12.4. The smallest absolute Gasteiger partial charge is 0.408 e. The molecule has 2 amide bonds. The minimum atomic E-state index is -0.660. The first-order valence-electron chi connectivity index (χ1n) is 10.8. The molecule has 7 nitrogen and oxygen atoms in total. The van der Waals surface area contributed by atoms with Crippen molar-refractivity contribution in [2.45, 2.75) is 89.5 Å². The van der Waals surface area contributed by atoms with Crippen molar-refractivity contribution < 1.29 is 23.8 Å². The average Bonchev–Trinajstić information content (AvgIpc) is 3.27. The maximum Gasteiger partial charge on any atom is 0.408 e. The third-order valence-electron chi connectivity index (χ3n) is 6.05. The van der Waals surface area contributed by atoms with E-state index in [0.717, 1.165) is 49.4 Å². The third kappa shape index (κ3) is 4.20. The molecular weight excluding hydrogens is 384 g/mol. The van der Waals surface area contributed by atoms with Crippen LogP contribution in [0.4, 0.5) is 4.79 Å². The van der Waals surface area contributed by atoms with Crippen molar-refractivity contribution in [2.24, 2.45) is 0 Å². The Kier molecular flexibility index (Phi) is 5.11. The summed E-state index contributed by atoms with van der Waals surface area (Å²) in [6, 6.07) is 3.50. The van der Waals surface area contributed by atoms with Gasteiger partial charge in [-0.3, -0.25) is 4.79 Å². The molecule has 0 unspecified atom stereocenters. The molecule has 1 aromatic carbocycles. The molecule has 1 atom stereocenters. The summed E-state index contributed by atoms with van der Waals surface area (Å²) in [6.07, 6.45) is 3.30. The van der Waals surface area contributed by atoms with Crippen LogP contribution >= 0.6 is 0 Å². The number of benzene rings is 1. The lowest BCUT2D eigenvalue weighted by Gasteiger charge is -2.37. The van der Waals surface area contributed by atoms with E-state index in [1.54, 1.807) is 27.7 Å². The van der Waals surface area contributed by atoms with E-state index < -0.39 is 17.7 Å². The number of hydrogen-bond donors (Lipinski definition) is 2. The Labute approximate surface area is 177 Å². The van der Waals surface area contributed by atoms with Gasteiger partial charge in [-0.25, -0.2) is 4.79 Å². The van der Waals surface area contributed by atoms with Gasteiger partial charge in [0.2, 0.25) is 5.91 Å². The summed E-state index contributed by atoms with van der Waals surface area (Å²) in [5.74, 6) is 1.71. The molecule has 2 aliphatic carbocycles. The molecule has 0 bridgehead atoms. The lowest BCUT2D eigenvalue weighted by atomic mass is 9.88. The van der Waals surface area contributed by atoms with E-state index in [0.29, 0.717) is 0 Å². The van der Waals surface area contributed by atoms with E-state index in [4.69, 9.17) is 14.2 Å². The molecule has 1 aromatic rings. The van der Waals surface area contributed by atoms with Crippen LogP contribution < -0.4 is 20.1 Å². The van der Waals surface area contributed by atoms with Gasteiger partial charge in [-0.05, 0) is 59.1 Å². The van der Waals surface area contributed by atoms with Gasteiger partial charge in [0.1, 0.15) is 29.2 Å². The van der Waals surface area contributed by atoms with Gasteiger partial charge < -0.3 is 24.8 Å².